The van der Waals surface area contributed by atoms with Crippen LogP contribution >= 0.6 is 0 Å². The molecule has 0 saturated carbocycles. The van der Waals surface area contributed by atoms with Gasteiger partial charge in [0.25, 0.3) is 6.01 Å². The lowest BCUT2D eigenvalue weighted by molar-refractivity contribution is 0.253. The smallest absolute Gasteiger partial charge is 0.295 e. The second-order valence-corrected chi connectivity index (χ2v) is 5.49. The van der Waals surface area contributed by atoms with Crippen molar-refractivity contribution in [1.82, 2.24) is 14.9 Å². The molecule has 3 rings (SSSR count). The van der Waals surface area contributed by atoms with Crippen molar-refractivity contribution >= 4 is 17.1 Å². The highest BCUT2D eigenvalue weighted by atomic mass is 16.5. The Kier molecular flexibility index (Phi) is 4.73. The molecule has 0 saturated heterocycles. The summed E-state index contributed by atoms with van der Waals surface area (Å²) in [6.07, 6.45) is 1.74. The maximum absolute atomic E-state index is 5.64. The molecule has 23 heavy (non-hydrogen) atoms. The van der Waals surface area contributed by atoms with Crippen LogP contribution in [0.5, 0.6) is 5.88 Å². The van der Waals surface area contributed by atoms with Crippen molar-refractivity contribution < 1.29 is 9.15 Å². The van der Waals surface area contributed by atoms with Crippen molar-refractivity contribution in [2.24, 2.45) is 0 Å². The largest absolute Gasteiger partial charge is 0.476 e. The number of likely N-dealkylation sites (N-methyl/N-ethyl adjacent to an activating group) is 1. The lowest BCUT2D eigenvalue weighted by atomic mass is 10.2. The SMILES string of the molecule is CN(C)CCOc1cc(CNc2nc3ccccc3o2)ccn1. The van der Waals surface area contributed by atoms with E-state index in [1.54, 1.807) is 6.20 Å². The third-order valence-corrected chi connectivity index (χ3v) is 3.33. The van der Waals surface area contributed by atoms with Gasteiger partial charge in [0.15, 0.2) is 5.58 Å². The molecule has 0 aliphatic rings. The fourth-order valence-electron chi connectivity index (χ4n) is 2.10. The monoisotopic (exact) mass is 312 g/mol. The standard InChI is InChI=1S/C17H20N4O2/c1-21(2)9-10-22-16-11-13(7-8-18-16)12-19-17-20-14-5-3-4-6-15(14)23-17/h3-8,11H,9-10,12H2,1-2H3,(H,19,20). The highest BCUT2D eigenvalue weighted by Crippen LogP contribution is 2.19. The van der Waals surface area contributed by atoms with Crippen molar-refractivity contribution in [2.75, 3.05) is 32.6 Å². The van der Waals surface area contributed by atoms with Gasteiger partial charge in [0.1, 0.15) is 12.1 Å². The van der Waals surface area contributed by atoms with Crippen LogP contribution in [-0.2, 0) is 6.54 Å². The van der Waals surface area contributed by atoms with Gasteiger partial charge in [-0.1, -0.05) is 12.1 Å². The van der Waals surface area contributed by atoms with Gasteiger partial charge < -0.3 is 19.4 Å². The van der Waals surface area contributed by atoms with Crippen LogP contribution in [0.1, 0.15) is 5.56 Å². The topological polar surface area (TPSA) is 63.4 Å². The first-order chi connectivity index (χ1) is 11.2. The van der Waals surface area contributed by atoms with E-state index in [1.807, 2.05) is 50.5 Å². The summed E-state index contributed by atoms with van der Waals surface area (Å²) in [5, 5.41) is 3.18. The van der Waals surface area contributed by atoms with Crippen LogP contribution < -0.4 is 10.1 Å². The summed E-state index contributed by atoms with van der Waals surface area (Å²) >= 11 is 0. The normalized spacial score (nSPS) is 11.1. The summed E-state index contributed by atoms with van der Waals surface area (Å²) in [6, 6.07) is 12.1. The minimum Gasteiger partial charge on any atom is -0.476 e. The summed E-state index contributed by atoms with van der Waals surface area (Å²) in [5.41, 5.74) is 2.68. The fraction of sp³-hybridized carbons (Fsp3) is 0.294. The van der Waals surface area contributed by atoms with Gasteiger partial charge in [-0.3, -0.25) is 0 Å². The number of fused-ring (bicyclic) bond motifs is 1. The zero-order chi connectivity index (χ0) is 16.1. The molecule has 0 aliphatic heterocycles. The Morgan fingerprint density at radius 2 is 2.09 bits per heavy atom. The van der Waals surface area contributed by atoms with Crippen LogP contribution in [0, 0.1) is 0 Å². The van der Waals surface area contributed by atoms with Crippen LogP contribution in [0.25, 0.3) is 11.1 Å². The Balaban J connectivity index is 1.59. The summed E-state index contributed by atoms with van der Waals surface area (Å²) in [6.45, 7) is 2.06. The van der Waals surface area contributed by atoms with Gasteiger partial charge >= 0.3 is 0 Å². The van der Waals surface area contributed by atoms with E-state index in [-0.39, 0.29) is 0 Å². The summed E-state index contributed by atoms with van der Waals surface area (Å²) < 4.78 is 11.3. The van der Waals surface area contributed by atoms with E-state index in [9.17, 15) is 0 Å². The van der Waals surface area contributed by atoms with Crippen molar-refractivity contribution in [2.45, 2.75) is 6.54 Å². The number of anilines is 1. The molecule has 0 unspecified atom stereocenters. The number of nitrogens with zero attached hydrogens (tertiary/aromatic N) is 3. The molecule has 120 valence electrons. The average Bonchev–Trinajstić information content (AvgIpc) is 2.96. The van der Waals surface area contributed by atoms with Crippen LogP contribution in [0.15, 0.2) is 47.0 Å². The number of rotatable bonds is 7. The summed E-state index contributed by atoms with van der Waals surface area (Å²) in [4.78, 5) is 10.7. The van der Waals surface area contributed by atoms with E-state index in [1.165, 1.54) is 0 Å². The molecular formula is C17H20N4O2. The molecule has 6 nitrogen and oxygen atoms in total. The minimum atomic E-state index is 0.512. The van der Waals surface area contributed by atoms with Crippen LogP contribution in [0.4, 0.5) is 6.01 Å². The lowest BCUT2D eigenvalue weighted by Crippen LogP contribution is -2.19. The molecule has 0 fully saturated rings. The van der Waals surface area contributed by atoms with Gasteiger partial charge in [0, 0.05) is 25.4 Å². The van der Waals surface area contributed by atoms with Gasteiger partial charge in [-0.25, -0.2) is 4.98 Å². The minimum absolute atomic E-state index is 0.512. The zero-order valence-electron chi connectivity index (χ0n) is 13.3. The Morgan fingerprint density at radius 1 is 1.22 bits per heavy atom. The predicted molar refractivity (Wildman–Crippen MR) is 89.6 cm³/mol. The van der Waals surface area contributed by atoms with E-state index in [0.717, 1.165) is 23.2 Å². The molecule has 0 aliphatic carbocycles. The zero-order valence-corrected chi connectivity index (χ0v) is 13.3. The number of para-hydroxylation sites is 2. The second kappa shape index (κ2) is 7.11. The Morgan fingerprint density at radius 3 is 2.91 bits per heavy atom. The van der Waals surface area contributed by atoms with Gasteiger partial charge in [0.2, 0.25) is 5.88 Å². The van der Waals surface area contributed by atoms with Crippen molar-refractivity contribution in [3.63, 3.8) is 0 Å². The van der Waals surface area contributed by atoms with E-state index in [2.05, 4.69) is 20.2 Å². The number of hydrogen-bond acceptors (Lipinski definition) is 6. The number of benzene rings is 1. The van der Waals surface area contributed by atoms with Gasteiger partial charge in [-0.2, -0.15) is 4.98 Å². The lowest BCUT2D eigenvalue weighted by Gasteiger charge is -2.11. The van der Waals surface area contributed by atoms with Crippen molar-refractivity contribution in [3.8, 4) is 5.88 Å². The van der Waals surface area contributed by atoms with E-state index < -0.39 is 0 Å². The summed E-state index contributed by atoms with van der Waals surface area (Å²) in [5.74, 6) is 0.628. The molecular weight excluding hydrogens is 292 g/mol. The number of nitrogens with one attached hydrogen (secondary N) is 1. The number of ether oxygens (including phenoxy) is 1. The molecule has 6 heteroatoms. The van der Waals surface area contributed by atoms with Gasteiger partial charge in [-0.15, -0.1) is 0 Å². The second-order valence-electron chi connectivity index (χ2n) is 5.49. The number of hydrogen-bond donors (Lipinski definition) is 1. The Labute approximate surface area is 135 Å². The molecule has 0 radical (unpaired) electrons. The van der Waals surface area contributed by atoms with E-state index in [4.69, 9.17) is 9.15 Å². The molecule has 1 N–H and O–H groups in total. The summed E-state index contributed by atoms with van der Waals surface area (Å²) in [7, 11) is 4.02. The van der Waals surface area contributed by atoms with Gasteiger partial charge in [-0.05, 0) is 37.9 Å². The Bertz CT molecular complexity index is 737. The first-order valence-corrected chi connectivity index (χ1v) is 7.52. The molecule has 1 aromatic carbocycles. The molecule has 2 heterocycles. The number of pyridine rings is 1. The molecule has 2 aromatic heterocycles. The molecule has 0 spiro atoms. The third kappa shape index (κ3) is 4.20. The highest BCUT2D eigenvalue weighted by molar-refractivity contribution is 5.74. The first-order valence-electron chi connectivity index (χ1n) is 7.52. The predicted octanol–water partition coefficient (Wildman–Crippen LogP) is 2.78. The average molecular weight is 312 g/mol. The van der Waals surface area contributed by atoms with Crippen molar-refractivity contribution in [1.29, 1.82) is 0 Å². The molecule has 0 bridgehead atoms. The molecule has 3 aromatic rings. The quantitative estimate of drug-likeness (QED) is 0.724. The van der Waals surface area contributed by atoms with E-state index >= 15 is 0 Å². The maximum Gasteiger partial charge on any atom is 0.295 e. The third-order valence-electron chi connectivity index (χ3n) is 3.33. The van der Waals surface area contributed by atoms with Crippen LogP contribution in [0.2, 0.25) is 0 Å². The van der Waals surface area contributed by atoms with Gasteiger partial charge in [0.05, 0.1) is 0 Å². The van der Waals surface area contributed by atoms with Crippen molar-refractivity contribution in [3.05, 3.63) is 48.2 Å². The Hall–Kier alpha value is -2.60. The number of aromatic nitrogens is 2. The van der Waals surface area contributed by atoms with E-state index in [0.29, 0.717) is 25.0 Å². The molecule has 0 atom stereocenters. The van der Waals surface area contributed by atoms with Crippen LogP contribution in [-0.4, -0.2) is 42.1 Å². The number of oxazole rings is 1. The fourth-order valence-corrected chi connectivity index (χ4v) is 2.10. The highest BCUT2D eigenvalue weighted by Gasteiger charge is 2.05. The van der Waals surface area contributed by atoms with Crippen LogP contribution in [0.3, 0.4) is 0 Å². The first kappa shape index (κ1) is 15.3. The maximum atomic E-state index is 5.64. The molecule has 0 amide bonds.